The van der Waals surface area contributed by atoms with Gasteiger partial charge in [0.25, 0.3) is 12.4 Å². The second kappa shape index (κ2) is 7.69. The van der Waals surface area contributed by atoms with Gasteiger partial charge < -0.3 is 10.1 Å². The number of ether oxygens (including phenoxy) is 1. The maximum atomic E-state index is 12.9. The van der Waals surface area contributed by atoms with Gasteiger partial charge in [0.2, 0.25) is 0 Å². The van der Waals surface area contributed by atoms with Gasteiger partial charge in [-0.15, -0.1) is 0 Å². The van der Waals surface area contributed by atoms with Crippen LogP contribution in [0.4, 0.5) is 5.69 Å². The third-order valence-electron chi connectivity index (χ3n) is 4.68. The van der Waals surface area contributed by atoms with E-state index in [9.17, 15) is 9.59 Å². The molecule has 2 aromatic rings. The van der Waals surface area contributed by atoms with Crippen molar-refractivity contribution in [1.29, 1.82) is 0 Å². The van der Waals surface area contributed by atoms with Crippen molar-refractivity contribution in [3.05, 3.63) is 69.2 Å². The van der Waals surface area contributed by atoms with Crippen LogP contribution in [0.25, 0.3) is 5.76 Å². The molecule has 2 aromatic carbocycles. The highest BCUT2D eigenvalue weighted by Crippen LogP contribution is 2.35. The van der Waals surface area contributed by atoms with Gasteiger partial charge in [0, 0.05) is 15.7 Å². The van der Waals surface area contributed by atoms with Gasteiger partial charge in [-0.2, -0.15) is 0 Å². The first-order valence-corrected chi connectivity index (χ1v) is 9.63. The zero-order chi connectivity index (χ0) is 19.6. The van der Waals surface area contributed by atoms with Crippen molar-refractivity contribution in [3.8, 4) is 0 Å². The van der Waals surface area contributed by atoms with E-state index in [0.29, 0.717) is 29.9 Å². The Bertz CT molecular complexity index is 908. The third-order valence-corrected chi connectivity index (χ3v) is 5.21. The molecule has 0 bridgehead atoms. The smallest absolute Gasteiger partial charge is 0.298 e. The van der Waals surface area contributed by atoms with Gasteiger partial charge in [0.1, 0.15) is 5.76 Å². The van der Waals surface area contributed by atoms with Crippen molar-refractivity contribution in [2.45, 2.75) is 39.0 Å². The lowest BCUT2D eigenvalue weighted by Gasteiger charge is -2.25. The number of hydrogen-bond acceptors (Lipinski definition) is 3. The van der Waals surface area contributed by atoms with E-state index in [1.165, 1.54) is 0 Å². The van der Waals surface area contributed by atoms with E-state index in [-0.39, 0.29) is 11.3 Å². The summed E-state index contributed by atoms with van der Waals surface area (Å²) in [4.78, 5) is 24.0. The Labute approximate surface area is 167 Å². The first-order chi connectivity index (χ1) is 12.8. The van der Waals surface area contributed by atoms with Crippen molar-refractivity contribution < 1.29 is 14.3 Å². The number of rotatable bonds is 4. The summed E-state index contributed by atoms with van der Waals surface area (Å²) in [6, 6.07) is 13.5. The summed E-state index contributed by atoms with van der Waals surface area (Å²) in [5.41, 5.74) is 4.17. The molecule has 1 N–H and O–H groups in total. The van der Waals surface area contributed by atoms with Crippen LogP contribution in [0, 0.1) is 0 Å². The topological polar surface area (TPSA) is 55.4 Å². The van der Waals surface area contributed by atoms with E-state index in [4.69, 9.17) is 4.74 Å². The van der Waals surface area contributed by atoms with Gasteiger partial charge in [-0.3, -0.25) is 9.59 Å². The normalized spacial score (nSPS) is 13.8. The van der Waals surface area contributed by atoms with Crippen LogP contribution in [-0.2, 0) is 26.2 Å². The molecule has 5 heteroatoms. The van der Waals surface area contributed by atoms with Gasteiger partial charge in [-0.1, -0.05) is 48.8 Å². The summed E-state index contributed by atoms with van der Waals surface area (Å²) in [7, 11) is 0. The third kappa shape index (κ3) is 4.30. The fourth-order valence-electron chi connectivity index (χ4n) is 3.15. The number of benzene rings is 2. The molecule has 0 unspecified atom stereocenters. The Hall–Kier alpha value is -2.40. The monoisotopic (exact) mass is 427 g/mol. The fourth-order valence-corrected chi connectivity index (χ4v) is 3.41. The summed E-state index contributed by atoms with van der Waals surface area (Å²) >= 11 is 3.38. The molecule has 0 radical (unpaired) electrons. The minimum Gasteiger partial charge on any atom is -0.428 e. The standard InChI is InChI=1S/C22H22BrNO3/c1-22(2,3)15-6-4-14-5-11-18(20(27-13-25)19(14)12-15)21(26)24-17-9-7-16(23)8-10-17/h4,6-10,12-13H,5,11H2,1-3H3,(H,24,26). The van der Waals surface area contributed by atoms with Gasteiger partial charge in [0.05, 0.1) is 5.57 Å². The second-order valence-electron chi connectivity index (χ2n) is 7.60. The van der Waals surface area contributed by atoms with Crippen LogP contribution < -0.4 is 5.32 Å². The van der Waals surface area contributed by atoms with E-state index >= 15 is 0 Å². The molecule has 3 rings (SSSR count). The van der Waals surface area contributed by atoms with E-state index in [1.54, 1.807) is 0 Å². The largest absolute Gasteiger partial charge is 0.428 e. The van der Waals surface area contributed by atoms with E-state index < -0.39 is 0 Å². The Balaban J connectivity index is 2.00. The Morgan fingerprint density at radius 1 is 1.11 bits per heavy atom. The van der Waals surface area contributed by atoms with E-state index in [0.717, 1.165) is 27.6 Å². The molecule has 4 nitrogen and oxygen atoms in total. The molecule has 1 aliphatic rings. The highest BCUT2D eigenvalue weighted by Gasteiger charge is 2.27. The number of halogens is 1. The van der Waals surface area contributed by atoms with Crippen LogP contribution in [-0.4, -0.2) is 12.4 Å². The number of carbonyl (C=O) groups excluding carboxylic acids is 2. The zero-order valence-electron chi connectivity index (χ0n) is 15.6. The van der Waals surface area contributed by atoms with Crippen LogP contribution in [0.15, 0.2) is 52.5 Å². The number of fused-ring (bicyclic) bond motifs is 1. The van der Waals surface area contributed by atoms with Crippen LogP contribution in [0.2, 0.25) is 0 Å². The molecule has 0 saturated heterocycles. The molecule has 0 fully saturated rings. The highest BCUT2D eigenvalue weighted by molar-refractivity contribution is 9.10. The minimum absolute atomic E-state index is 0.0430. The van der Waals surface area contributed by atoms with Crippen molar-refractivity contribution >= 4 is 39.8 Å². The molecule has 1 aliphatic carbocycles. The number of nitrogens with one attached hydrogen (secondary N) is 1. The molecule has 1 amide bonds. The number of anilines is 1. The zero-order valence-corrected chi connectivity index (χ0v) is 17.2. The lowest BCUT2D eigenvalue weighted by molar-refractivity contribution is -0.122. The summed E-state index contributed by atoms with van der Waals surface area (Å²) in [5, 5.41) is 2.89. The van der Waals surface area contributed by atoms with Gasteiger partial charge in [-0.25, -0.2) is 0 Å². The minimum atomic E-state index is -0.249. The molecule has 140 valence electrons. The predicted molar refractivity (Wildman–Crippen MR) is 110 cm³/mol. The van der Waals surface area contributed by atoms with Gasteiger partial charge >= 0.3 is 0 Å². The van der Waals surface area contributed by atoms with Crippen LogP contribution in [0.5, 0.6) is 0 Å². The molecule has 0 aromatic heterocycles. The van der Waals surface area contributed by atoms with Crippen molar-refractivity contribution in [1.82, 2.24) is 0 Å². The SMILES string of the molecule is CC(C)(C)c1ccc2c(c1)C(OC=O)=C(C(=O)Nc1ccc(Br)cc1)CC2. The lowest BCUT2D eigenvalue weighted by Crippen LogP contribution is -2.21. The lowest BCUT2D eigenvalue weighted by atomic mass is 9.82. The van der Waals surface area contributed by atoms with E-state index in [2.05, 4.69) is 54.2 Å². The molecular weight excluding hydrogens is 406 g/mol. The Kier molecular flexibility index (Phi) is 5.51. The maximum absolute atomic E-state index is 12.9. The van der Waals surface area contributed by atoms with Crippen LogP contribution >= 0.6 is 15.9 Å². The highest BCUT2D eigenvalue weighted by atomic mass is 79.9. The van der Waals surface area contributed by atoms with Gasteiger partial charge in [0.15, 0.2) is 0 Å². The second-order valence-corrected chi connectivity index (χ2v) is 8.52. The predicted octanol–water partition coefficient (Wildman–Crippen LogP) is 5.22. The Morgan fingerprint density at radius 3 is 2.44 bits per heavy atom. The first-order valence-electron chi connectivity index (χ1n) is 8.84. The maximum Gasteiger partial charge on any atom is 0.298 e. The average Bonchev–Trinajstić information content (AvgIpc) is 2.63. The van der Waals surface area contributed by atoms with Crippen molar-refractivity contribution in [3.63, 3.8) is 0 Å². The van der Waals surface area contributed by atoms with Gasteiger partial charge in [-0.05, 0) is 59.7 Å². The molecule has 27 heavy (non-hydrogen) atoms. The summed E-state index contributed by atoms with van der Waals surface area (Å²) in [6.45, 7) is 6.77. The fraction of sp³-hybridized carbons (Fsp3) is 0.273. The molecule has 0 heterocycles. The van der Waals surface area contributed by atoms with Crippen LogP contribution in [0.1, 0.15) is 43.9 Å². The summed E-state index contributed by atoms with van der Waals surface area (Å²) in [5.74, 6) is 0.105. The number of carbonyl (C=O) groups is 2. The number of aryl methyl sites for hydroxylation is 1. The molecular formula is C22H22BrNO3. The first kappa shape index (κ1) is 19.4. The number of hydrogen-bond donors (Lipinski definition) is 1. The van der Waals surface area contributed by atoms with Crippen LogP contribution in [0.3, 0.4) is 0 Å². The van der Waals surface area contributed by atoms with Crippen molar-refractivity contribution in [2.75, 3.05) is 5.32 Å². The summed E-state index contributed by atoms with van der Waals surface area (Å²) < 4.78 is 6.23. The molecule has 0 atom stereocenters. The molecule has 0 aliphatic heterocycles. The molecule has 0 spiro atoms. The molecule has 0 saturated carbocycles. The van der Waals surface area contributed by atoms with Crippen molar-refractivity contribution in [2.24, 2.45) is 0 Å². The van der Waals surface area contributed by atoms with E-state index in [1.807, 2.05) is 30.3 Å². The Morgan fingerprint density at radius 2 is 1.81 bits per heavy atom. The number of amides is 1. The average molecular weight is 428 g/mol. The quantitative estimate of drug-likeness (QED) is 0.680. The summed E-state index contributed by atoms with van der Waals surface area (Å²) in [6.07, 6.45) is 1.25.